The smallest absolute Gasteiger partial charge is 0.232 e. The van der Waals surface area contributed by atoms with Crippen molar-refractivity contribution in [2.45, 2.75) is 52.1 Å². The maximum atomic E-state index is 5.66. The molecule has 0 amide bonds. The van der Waals surface area contributed by atoms with Gasteiger partial charge in [0.25, 0.3) is 0 Å². The summed E-state index contributed by atoms with van der Waals surface area (Å²) in [4.78, 5) is 14.4. The van der Waals surface area contributed by atoms with Crippen LogP contribution in [0.25, 0.3) is 0 Å². The Bertz CT molecular complexity index is 694. The Hall–Kier alpha value is -1.67. The summed E-state index contributed by atoms with van der Waals surface area (Å²) in [5.74, 6) is 3.94. The third-order valence-electron chi connectivity index (χ3n) is 6.06. The predicted octanol–water partition coefficient (Wildman–Crippen LogP) is 3.02. The first-order chi connectivity index (χ1) is 14.1. The number of anilines is 3. The van der Waals surface area contributed by atoms with Crippen molar-refractivity contribution in [3.05, 3.63) is 6.07 Å². The van der Waals surface area contributed by atoms with Crippen LogP contribution in [0.2, 0.25) is 0 Å². The zero-order chi connectivity index (χ0) is 20.2. The molecular weight excluding hydrogens is 384 g/mol. The molecule has 3 saturated heterocycles. The van der Waals surface area contributed by atoms with Crippen molar-refractivity contribution in [1.29, 1.82) is 0 Å². The molecule has 160 valence electrons. The van der Waals surface area contributed by atoms with Gasteiger partial charge in [-0.1, -0.05) is 13.8 Å². The van der Waals surface area contributed by atoms with E-state index in [4.69, 9.17) is 26.9 Å². The second-order valence-electron chi connectivity index (χ2n) is 8.92. The molecule has 0 aromatic carbocycles. The summed E-state index contributed by atoms with van der Waals surface area (Å²) in [6, 6.07) is 2.16. The number of hydrogen-bond acceptors (Lipinski definition) is 6. The fraction of sp³-hybridized carbons (Fsp3) is 0.762. The Balaban J connectivity index is 1.48. The van der Waals surface area contributed by atoms with Crippen LogP contribution in [0.3, 0.4) is 0 Å². The molecule has 0 radical (unpaired) electrons. The standard InChI is InChI=1S/C21H34N6OS/c1-15-10-16(2)14-27(13-15)19-11-18(26-7-3-4-8-26)23-20(24-19)25-21(29)22-12-17-6-5-9-28-17/h11,15-17H,3-10,12-14H2,1-2H3,(H2,22,23,24,25,29)/t15-,16+,17-/m1/s1. The normalized spacial score (nSPS) is 27.3. The van der Waals surface area contributed by atoms with Crippen molar-refractivity contribution in [1.82, 2.24) is 15.3 Å². The van der Waals surface area contributed by atoms with E-state index in [2.05, 4.69) is 40.3 Å². The van der Waals surface area contributed by atoms with Gasteiger partial charge in [-0.2, -0.15) is 9.97 Å². The Kier molecular flexibility index (Phi) is 6.70. The van der Waals surface area contributed by atoms with Gasteiger partial charge in [-0.25, -0.2) is 0 Å². The number of rotatable bonds is 5. The largest absolute Gasteiger partial charge is 0.376 e. The van der Waals surface area contributed by atoms with E-state index in [9.17, 15) is 0 Å². The molecule has 3 atom stereocenters. The predicted molar refractivity (Wildman–Crippen MR) is 122 cm³/mol. The van der Waals surface area contributed by atoms with Gasteiger partial charge in [0.15, 0.2) is 5.11 Å². The quantitative estimate of drug-likeness (QED) is 0.708. The molecule has 0 unspecified atom stereocenters. The van der Waals surface area contributed by atoms with E-state index in [-0.39, 0.29) is 6.10 Å². The van der Waals surface area contributed by atoms with Gasteiger partial charge in [-0.3, -0.25) is 0 Å². The van der Waals surface area contributed by atoms with Gasteiger partial charge in [-0.05, 0) is 56.2 Å². The number of thiocarbonyl (C=S) groups is 1. The van der Waals surface area contributed by atoms with Gasteiger partial charge < -0.3 is 25.2 Å². The first-order valence-corrected chi connectivity index (χ1v) is 11.5. The average molecular weight is 419 g/mol. The molecule has 8 heteroatoms. The number of nitrogens with zero attached hydrogens (tertiary/aromatic N) is 4. The summed E-state index contributed by atoms with van der Waals surface area (Å²) >= 11 is 5.50. The highest BCUT2D eigenvalue weighted by molar-refractivity contribution is 7.80. The summed E-state index contributed by atoms with van der Waals surface area (Å²) in [5.41, 5.74) is 0. The molecule has 4 rings (SSSR count). The van der Waals surface area contributed by atoms with Crippen molar-refractivity contribution < 1.29 is 4.74 Å². The Morgan fingerprint density at radius 3 is 2.45 bits per heavy atom. The van der Waals surface area contributed by atoms with Gasteiger partial charge >= 0.3 is 0 Å². The highest BCUT2D eigenvalue weighted by Crippen LogP contribution is 2.29. The van der Waals surface area contributed by atoms with Crippen LogP contribution in [0.15, 0.2) is 6.07 Å². The third-order valence-corrected chi connectivity index (χ3v) is 6.31. The molecule has 7 nitrogen and oxygen atoms in total. The van der Waals surface area contributed by atoms with E-state index in [0.29, 0.717) is 22.9 Å². The molecule has 29 heavy (non-hydrogen) atoms. The van der Waals surface area contributed by atoms with Crippen LogP contribution >= 0.6 is 12.2 Å². The van der Waals surface area contributed by atoms with Crippen LogP contribution in [-0.2, 0) is 4.74 Å². The first-order valence-electron chi connectivity index (χ1n) is 11.1. The summed E-state index contributed by atoms with van der Waals surface area (Å²) in [6.45, 7) is 10.4. The summed E-state index contributed by atoms with van der Waals surface area (Å²) in [7, 11) is 0. The highest BCUT2D eigenvalue weighted by Gasteiger charge is 2.25. The molecule has 2 N–H and O–H groups in total. The lowest BCUT2D eigenvalue weighted by atomic mass is 9.92. The molecule has 0 saturated carbocycles. The van der Waals surface area contributed by atoms with Crippen LogP contribution < -0.4 is 20.4 Å². The van der Waals surface area contributed by atoms with Crippen LogP contribution in [0.1, 0.15) is 46.0 Å². The molecule has 0 aliphatic carbocycles. The van der Waals surface area contributed by atoms with E-state index in [1.807, 2.05) is 0 Å². The molecular formula is C21H34N6OS. The second-order valence-corrected chi connectivity index (χ2v) is 9.33. The van der Waals surface area contributed by atoms with Crippen molar-refractivity contribution in [3.63, 3.8) is 0 Å². The number of nitrogens with one attached hydrogen (secondary N) is 2. The zero-order valence-corrected chi connectivity index (χ0v) is 18.5. The van der Waals surface area contributed by atoms with Gasteiger partial charge in [-0.15, -0.1) is 0 Å². The van der Waals surface area contributed by atoms with Crippen LogP contribution in [0, 0.1) is 11.8 Å². The van der Waals surface area contributed by atoms with Crippen LogP contribution in [0.5, 0.6) is 0 Å². The van der Waals surface area contributed by atoms with Gasteiger partial charge in [0.05, 0.1) is 6.10 Å². The lowest BCUT2D eigenvalue weighted by molar-refractivity contribution is 0.114. The Morgan fingerprint density at radius 1 is 1.10 bits per heavy atom. The fourth-order valence-corrected chi connectivity index (χ4v) is 4.93. The van der Waals surface area contributed by atoms with Gasteiger partial charge in [0.1, 0.15) is 11.6 Å². The number of hydrogen-bond donors (Lipinski definition) is 2. The van der Waals surface area contributed by atoms with Gasteiger partial charge in [0.2, 0.25) is 5.95 Å². The Labute approximate surface area is 179 Å². The van der Waals surface area contributed by atoms with E-state index >= 15 is 0 Å². The third kappa shape index (κ3) is 5.48. The maximum Gasteiger partial charge on any atom is 0.232 e. The minimum atomic E-state index is 0.249. The molecule has 1 aromatic rings. The van der Waals surface area contributed by atoms with E-state index in [1.165, 1.54) is 19.3 Å². The summed E-state index contributed by atoms with van der Waals surface area (Å²) in [5, 5.41) is 7.04. The topological polar surface area (TPSA) is 65.5 Å². The fourth-order valence-electron chi connectivity index (χ4n) is 4.76. The molecule has 0 bridgehead atoms. The molecule has 3 fully saturated rings. The molecule has 4 heterocycles. The van der Waals surface area contributed by atoms with Crippen molar-refractivity contribution in [2.24, 2.45) is 11.8 Å². The maximum absolute atomic E-state index is 5.66. The van der Waals surface area contributed by atoms with Crippen molar-refractivity contribution in [2.75, 3.05) is 54.4 Å². The van der Waals surface area contributed by atoms with E-state index in [1.54, 1.807) is 0 Å². The SMILES string of the molecule is C[C@@H]1C[C@H](C)CN(c2cc(N3CCCC3)nc(NC(=S)NC[C@H]3CCCO3)n2)C1. The molecule has 3 aliphatic rings. The lowest BCUT2D eigenvalue weighted by Gasteiger charge is -2.36. The van der Waals surface area contributed by atoms with E-state index < -0.39 is 0 Å². The van der Waals surface area contributed by atoms with Crippen molar-refractivity contribution in [3.8, 4) is 0 Å². The number of piperidine rings is 1. The minimum Gasteiger partial charge on any atom is -0.376 e. The van der Waals surface area contributed by atoms with Crippen LogP contribution in [-0.4, -0.2) is 60.5 Å². The molecule has 1 aromatic heterocycles. The lowest BCUT2D eigenvalue weighted by Crippen LogP contribution is -2.40. The average Bonchev–Trinajstić information content (AvgIpc) is 3.39. The summed E-state index contributed by atoms with van der Waals surface area (Å²) in [6.07, 6.45) is 6.19. The summed E-state index contributed by atoms with van der Waals surface area (Å²) < 4.78 is 5.66. The van der Waals surface area contributed by atoms with Gasteiger partial charge in [0, 0.05) is 45.4 Å². The second kappa shape index (κ2) is 9.43. The number of ether oxygens (including phenoxy) is 1. The van der Waals surface area contributed by atoms with Crippen LogP contribution in [0.4, 0.5) is 17.6 Å². The monoisotopic (exact) mass is 418 g/mol. The highest BCUT2D eigenvalue weighted by atomic mass is 32.1. The minimum absolute atomic E-state index is 0.249. The first kappa shape index (κ1) is 20.6. The number of aromatic nitrogens is 2. The molecule has 3 aliphatic heterocycles. The van der Waals surface area contributed by atoms with Crippen molar-refractivity contribution >= 4 is 34.9 Å². The molecule has 0 spiro atoms. The van der Waals surface area contributed by atoms with E-state index in [0.717, 1.165) is 63.8 Å². The Morgan fingerprint density at radius 2 is 1.79 bits per heavy atom. The zero-order valence-electron chi connectivity index (χ0n) is 17.7.